The summed E-state index contributed by atoms with van der Waals surface area (Å²) in [6, 6.07) is 3.83. The van der Waals surface area contributed by atoms with Crippen LogP contribution in [0, 0.1) is 0 Å². The number of unbranched alkanes of at least 4 members (excludes halogenated alkanes) is 1. The van der Waals surface area contributed by atoms with E-state index in [2.05, 4.69) is 18.9 Å². The monoisotopic (exact) mass is 261 g/mol. The minimum atomic E-state index is 0. The molecule has 0 saturated carbocycles. The van der Waals surface area contributed by atoms with Gasteiger partial charge in [0.15, 0.2) is 5.78 Å². The van der Waals surface area contributed by atoms with Crippen LogP contribution in [0.1, 0.15) is 35.9 Å². The minimum Gasteiger partial charge on any atom is -0.306 e. The zero-order valence-corrected chi connectivity index (χ0v) is 11.6. The molecule has 1 aromatic rings. The second-order valence-corrected chi connectivity index (χ2v) is 4.76. The molecule has 16 heavy (non-hydrogen) atoms. The largest absolute Gasteiger partial charge is 0.306 e. The Morgan fingerprint density at radius 3 is 2.75 bits per heavy atom. The first-order valence-corrected chi connectivity index (χ1v) is 6.37. The summed E-state index contributed by atoms with van der Waals surface area (Å²) in [5.74, 6) is 0.272. The molecular formula is C12H20ClNOS. The number of nitrogens with zero attached hydrogens (tertiary/aromatic N) is 1. The maximum Gasteiger partial charge on any atom is 0.174 e. The van der Waals surface area contributed by atoms with Crippen LogP contribution < -0.4 is 0 Å². The summed E-state index contributed by atoms with van der Waals surface area (Å²) in [5, 5.41) is 1.95. The molecule has 0 saturated heterocycles. The number of ketones is 1. The molecule has 1 rings (SSSR count). The van der Waals surface area contributed by atoms with E-state index in [-0.39, 0.29) is 18.2 Å². The summed E-state index contributed by atoms with van der Waals surface area (Å²) in [5.41, 5.74) is 0. The van der Waals surface area contributed by atoms with Crippen molar-refractivity contribution in [3.05, 3.63) is 22.4 Å². The summed E-state index contributed by atoms with van der Waals surface area (Å²) in [7, 11) is 2.08. The van der Waals surface area contributed by atoms with E-state index in [1.807, 2.05) is 17.5 Å². The van der Waals surface area contributed by atoms with E-state index >= 15 is 0 Å². The first-order chi connectivity index (χ1) is 7.24. The topological polar surface area (TPSA) is 20.3 Å². The normalized spacial score (nSPS) is 10.2. The lowest BCUT2D eigenvalue weighted by atomic mass is 10.2. The van der Waals surface area contributed by atoms with Gasteiger partial charge in [-0.1, -0.05) is 19.4 Å². The third-order valence-electron chi connectivity index (χ3n) is 2.41. The second-order valence-electron chi connectivity index (χ2n) is 3.81. The molecule has 1 heterocycles. The van der Waals surface area contributed by atoms with Gasteiger partial charge in [0.05, 0.1) is 4.88 Å². The van der Waals surface area contributed by atoms with E-state index in [0.29, 0.717) is 6.42 Å². The molecule has 0 atom stereocenters. The van der Waals surface area contributed by atoms with Crippen LogP contribution in [0.4, 0.5) is 0 Å². The van der Waals surface area contributed by atoms with Crippen molar-refractivity contribution >= 4 is 29.5 Å². The van der Waals surface area contributed by atoms with Gasteiger partial charge in [-0.25, -0.2) is 0 Å². The third-order valence-corrected chi connectivity index (χ3v) is 3.32. The molecule has 2 nitrogen and oxygen atoms in total. The number of Topliss-reactive ketones (excluding diaryl/α,β-unsaturated/α-hetero) is 1. The number of carbonyl (C=O) groups excluding carboxylic acids is 1. The number of thiophene rings is 1. The van der Waals surface area contributed by atoms with Crippen molar-refractivity contribution in [1.29, 1.82) is 0 Å². The Kier molecular flexibility index (Phi) is 8.53. The van der Waals surface area contributed by atoms with E-state index in [4.69, 9.17) is 0 Å². The first kappa shape index (κ1) is 15.6. The minimum absolute atomic E-state index is 0. The quantitative estimate of drug-likeness (QED) is 0.701. The molecule has 0 radical (unpaired) electrons. The van der Waals surface area contributed by atoms with Crippen molar-refractivity contribution in [3.8, 4) is 0 Å². The van der Waals surface area contributed by atoms with Crippen LogP contribution in [0.15, 0.2) is 17.5 Å². The molecule has 0 fully saturated rings. The zero-order chi connectivity index (χ0) is 11.1. The van der Waals surface area contributed by atoms with Crippen molar-refractivity contribution in [2.24, 2.45) is 0 Å². The van der Waals surface area contributed by atoms with Crippen molar-refractivity contribution in [1.82, 2.24) is 4.90 Å². The zero-order valence-electron chi connectivity index (χ0n) is 9.94. The van der Waals surface area contributed by atoms with Crippen LogP contribution in [0.2, 0.25) is 0 Å². The molecular weight excluding hydrogens is 242 g/mol. The first-order valence-electron chi connectivity index (χ1n) is 5.49. The highest BCUT2D eigenvalue weighted by Crippen LogP contribution is 2.11. The Morgan fingerprint density at radius 2 is 2.19 bits per heavy atom. The Bertz CT molecular complexity index is 287. The van der Waals surface area contributed by atoms with Gasteiger partial charge in [-0.05, 0) is 31.5 Å². The van der Waals surface area contributed by atoms with Gasteiger partial charge in [-0.15, -0.1) is 23.7 Å². The second kappa shape index (κ2) is 8.74. The summed E-state index contributed by atoms with van der Waals surface area (Å²) < 4.78 is 0. The fourth-order valence-corrected chi connectivity index (χ4v) is 2.09. The standard InChI is InChI=1S/C12H19NOS.ClH/c1-3-4-8-13(2)9-7-11(14)12-6-5-10-15-12;/h5-6,10H,3-4,7-9H2,1-2H3;1H. The molecule has 1 aromatic heterocycles. The Balaban J connectivity index is 0.00000225. The smallest absolute Gasteiger partial charge is 0.174 e. The van der Waals surface area contributed by atoms with Crippen LogP contribution in [0.25, 0.3) is 0 Å². The Morgan fingerprint density at radius 1 is 1.44 bits per heavy atom. The number of rotatable bonds is 7. The number of halogens is 1. The van der Waals surface area contributed by atoms with Gasteiger partial charge in [0, 0.05) is 13.0 Å². The van der Waals surface area contributed by atoms with Gasteiger partial charge in [-0.3, -0.25) is 4.79 Å². The van der Waals surface area contributed by atoms with Crippen molar-refractivity contribution < 1.29 is 4.79 Å². The summed E-state index contributed by atoms with van der Waals surface area (Å²) >= 11 is 1.53. The fraction of sp³-hybridized carbons (Fsp3) is 0.583. The van der Waals surface area contributed by atoms with Gasteiger partial charge in [0.25, 0.3) is 0 Å². The van der Waals surface area contributed by atoms with Crippen molar-refractivity contribution in [2.45, 2.75) is 26.2 Å². The van der Waals surface area contributed by atoms with Crippen LogP contribution in [0.3, 0.4) is 0 Å². The SMILES string of the molecule is CCCCN(C)CCC(=O)c1cccs1.Cl. The predicted octanol–water partition coefficient (Wildman–Crippen LogP) is 3.47. The molecule has 0 amide bonds. The summed E-state index contributed by atoms with van der Waals surface area (Å²) in [4.78, 5) is 14.8. The van der Waals surface area contributed by atoms with Gasteiger partial charge in [-0.2, -0.15) is 0 Å². The molecule has 0 aliphatic heterocycles. The molecule has 0 aliphatic rings. The van der Waals surface area contributed by atoms with E-state index in [1.165, 1.54) is 24.2 Å². The molecule has 0 aromatic carbocycles. The highest BCUT2D eigenvalue weighted by Gasteiger charge is 2.07. The summed E-state index contributed by atoms with van der Waals surface area (Å²) in [6.07, 6.45) is 3.06. The van der Waals surface area contributed by atoms with E-state index < -0.39 is 0 Å². The highest BCUT2D eigenvalue weighted by atomic mass is 35.5. The van der Waals surface area contributed by atoms with Crippen LogP contribution >= 0.6 is 23.7 Å². The molecule has 0 N–H and O–H groups in total. The van der Waals surface area contributed by atoms with Crippen LogP contribution in [-0.4, -0.2) is 30.8 Å². The lowest BCUT2D eigenvalue weighted by Crippen LogP contribution is -2.22. The summed E-state index contributed by atoms with van der Waals surface area (Å²) in [6.45, 7) is 4.15. The average Bonchev–Trinajstić information content (AvgIpc) is 2.76. The van der Waals surface area contributed by atoms with E-state index in [9.17, 15) is 4.79 Å². The Hall–Kier alpha value is -0.380. The van der Waals surface area contributed by atoms with Gasteiger partial charge >= 0.3 is 0 Å². The Labute approximate surface area is 108 Å². The van der Waals surface area contributed by atoms with Crippen molar-refractivity contribution in [2.75, 3.05) is 20.1 Å². The fourth-order valence-electron chi connectivity index (χ4n) is 1.39. The van der Waals surface area contributed by atoms with E-state index in [0.717, 1.165) is 18.0 Å². The van der Waals surface area contributed by atoms with Crippen LogP contribution in [-0.2, 0) is 0 Å². The van der Waals surface area contributed by atoms with Gasteiger partial charge in [0.2, 0.25) is 0 Å². The molecule has 4 heteroatoms. The third kappa shape index (κ3) is 5.64. The van der Waals surface area contributed by atoms with Gasteiger partial charge in [0.1, 0.15) is 0 Å². The molecule has 0 unspecified atom stereocenters. The average molecular weight is 262 g/mol. The number of hydrogen-bond donors (Lipinski definition) is 0. The highest BCUT2D eigenvalue weighted by molar-refractivity contribution is 7.12. The number of hydrogen-bond acceptors (Lipinski definition) is 3. The number of carbonyl (C=O) groups is 1. The lowest BCUT2D eigenvalue weighted by Gasteiger charge is -2.14. The maximum absolute atomic E-state index is 11.7. The lowest BCUT2D eigenvalue weighted by molar-refractivity contribution is 0.0973. The van der Waals surface area contributed by atoms with Crippen LogP contribution in [0.5, 0.6) is 0 Å². The van der Waals surface area contributed by atoms with E-state index in [1.54, 1.807) is 0 Å². The van der Waals surface area contributed by atoms with Gasteiger partial charge < -0.3 is 4.90 Å². The molecule has 0 spiro atoms. The molecule has 0 bridgehead atoms. The predicted molar refractivity (Wildman–Crippen MR) is 72.9 cm³/mol. The maximum atomic E-state index is 11.7. The molecule has 0 aliphatic carbocycles. The van der Waals surface area contributed by atoms with Crippen molar-refractivity contribution in [3.63, 3.8) is 0 Å². The molecule has 92 valence electrons.